The van der Waals surface area contributed by atoms with E-state index in [1.165, 1.54) is 0 Å². The van der Waals surface area contributed by atoms with Gasteiger partial charge in [-0.3, -0.25) is 4.99 Å². The molecular weight excluding hydrogens is 376 g/mol. The van der Waals surface area contributed by atoms with Crippen molar-refractivity contribution < 1.29 is 9.47 Å². The minimum atomic E-state index is 0.322. The van der Waals surface area contributed by atoms with Crippen LogP contribution in [0.15, 0.2) is 47.5 Å². The lowest BCUT2D eigenvalue weighted by atomic mass is 10.2. The third-order valence-electron chi connectivity index (χ3n) is 4.87. The molecule has 6 nitrogen and oxygen atoms in total. The lowest BCUT2D eigenvalue weighted by molar-refractivity contribution is 0.390. The lowest BCUT2D eigenvalue weighted by Gasteiger charge is -2.21. The number of nitrogens with zero attached hydrogens (tertiary/aromatic N) is 2. The smallest absolute Gasteiger partial charge is 0.191 e. The summed E-state index contributed by atoms with van der Waals surface area (Å²) in [5.74, 6) is 2.33. The van der Waals surface area contributed by atoms with E-state index < -0.39 is 0 Å². The highest BCUT2D eigenvalue weighted by Crippen LogP contribution is 2.25. The molecule has 7 heteroatoms. The van der Waals surface area contributed by atoms with E-state index in [4.69, 9.17) is 21.1 Å². The molecule has 1 fully saturated rings. The van der Waals surface area contributed by atoms with Gasteiger partial charge in [0.2, 0.25) is 0 Å². The molecule has 0 spiro atoms. The molecular formula is C21H27ClN4O2. The number of nitrogens with one attached hydrogen (secondary N) is 2. The van der Waals surface area contributed by atoms with E-state index in [1.54, 1.807) is 21.3 Å². The van der Waals surface area contributed by atoms with Crippen LogP contribution in [0.4, 0.5) is 5.69 Å². The first-order valence-electron chi connectivity index (χ1n) is 9.31. The Morgan fingerprint density at radius 2 is 2.07 bits per heavy atom. The summed E-state index contributed by atoms with van der Waals surface area (Å²) in [5, 5.41) is 7.64. The van der Waals surface area contributed by atoms with Crippen LogP contribution in [-0.4, -0.2) is 46.4 Å². The van der Waals surface area contributed by atoms with E-state index >= 15 is 0 Å². The molecule has 1 unspecified atom stereocenters. The average Bonchev–Trinajstić information content (AvgIpc) is 3.19. The van der Waals surface area contributed by atoms with Gasteiger partial charge in [-0.2, -0.15) is 0 Å². The third-order valence-corrected chi connectivity index (χ3v) is 5.10. The molecule has 0 radical (unpaired) electrons. The fraction of sp³-hybridized carbons (Fsp3) is 0.381. The second-order valence-corrected chi connectivity index (χ2v) is 7.10. The number of rotatable bonds is 6. The first kappa shape index (κ1) is 20.1. The van der Waals surface area contributed by atoms with E-state index in [-0.39, 0.29) is 0 Å². The maximum atomic E-state index is 6.12. The predicted molar refractivity (Wildman–Crippen MR) is 115 cm³/mol. The zero-order valence-corrected chi connectivity index (χ0v) is 17.3. The summed E-state index contributed by atoms with van der Waals surface area (Å²) in [7, 11) is 5.09. The molecule has 1 aliphatic heterocycles. The monoisotopic (exact) mass is 402 g/mol. The number of benzene rings is 2. The van der Waals surface area contributed by atoms with Gasteiger partial charge in [-0.25, -0.2) is 0 Å². The Morgan fingerprint density at radius 1 is 1.21 bits per heavy atom. The number of aliphatic imine (C=N–C) groups is 1. The Hall–Kier alpha value is -2.60. The second kappa shape index (κ2) is 9.55. The highest BCUT2D eigenvalue weighted by molar-refractivity contribution is 6.30. The summed E-state index contributed by atoms with van der Waals surface area (Å²) in [4.78, 5) is 6.69. The molecule has 1 heterocycles. The van der Waals surface area contributed by atoms with Crippen molar-refractivity contribution in [2.45, 2.75) is 19.0 Å². The van der Waals surface area contributed by atoms with E-state index in [0.717, 1.165) is 53.2 Å². The molecule has 0 amide bonds. The van der Waals surface area contributed by atoms with Gasteiger partial charge >= 0.3 is 0 Å². The summed E-state index contributed by atoms with van der Waals surface area (Å²) in [5.41, 5.74) is 2.20. The predicted octanol–water partition coefficient (Wildman–Crippen LogP) is 3.30. The number of halogens is 1. The highest BCUT2D eigenvalue weighted by atomic mass is 35.5. The Kier molecular flexibility index (Phi) is 6.87. The van der Waals surface area contributed by atoms with Gasteiger partial charge in [0, 0.05) is 55.1 Å². The summed E-state index contributed by atoms with van der Waals surface area (Å²) in [6, 6.07) is 14.1. The molecule has 28 heavy (non-hydrogen) atoms. The zero-order chi connectivity index (χ0) is 19.9. The zero-order valence-electron chi connectivity index (χ0n) is 16.5. The first-order chi connectivity index (χ1) is 13.6. The van der Waals surface area contributed by atoms with Crippen molar-refractivity contribution in [3.63, 3.8) is 0 Å². The van der Waals surface area contributed by atoms with Crippen molar-refractivity contribution in [2.24, 2.45) is 4.99 Å². The number of methoxy groups -OCH3 is 2. The van der Waals surface area contributed by atoms with E-state index in [2.05, 4.69) is 26.6 Å². The van der Waals surface area contributed by atoms with Crippen molar-refractivity contribution in [3.05, 3.63) is 53.1 Å². The SMILES string of the molecule is CN=C(NCc1ccc(OC)cc1OC)NC1CCN(c2cccc(Cl)c2)C1. The number of guanidine groups is 1. The molecule has 0 aromatic heterocycles. The Morgan fingerprint density at radius 3 is 2.79 bits per heavy atom. The van der Waals surface area contributed by atoms with Crippen molar-refractivity contribution >= 4 is 23.2 Å². The minimum absolute atomic E-state index is 0.322. The summed E-state index contributed by atoms with van der Waals surface area (Å²) in [6.07, 6.45) is 1.04. The average molecular weight is 403 g/mol. The summed E-state index contributed by atoms with van der Waals surface area (Å²) >= 11 is 6.12. The molecule has 2 aromatic rings. The normalized spacial score (nSPS) is 16.8. The van der Waals surface area contributed by atoms with Crippen LogP contribution in [0.1, 0.15) is 12.0 Å². The molecule has 0 bridgehead atoms. The summed E-state index contributed by atoms with van der Waals surface area (Å²) in [6.45, 7) is 2.51. The Labute approximate surface area is 171 Å². The Balaban J connectivity index is 1.55. The van der Waals surface area contributed by atoms with E-state index in [0.29, 0.717) is 12.6 Å². The van der Waals surface area contributed by atoms with Crippen LogP contribution in [0, 0.1) is 0 Å². The van der Waals surface area contributed by atoms with E-state index in [9.17, 15) is 0 Å². The third kappa shape index (κ3) is 5.01. The van der Waals surface area contributed by atoms with Crippen LogP contribution in [0.3, 0.4) is 0 Å². The number of hydrogen-bond donors (Lipinski definition) is 2. The lowest BCUT2D eigenvalue weighted by Crippen LogP contribution is -2.44. The molecule has 0 saturated carbocycles. The van der Waals surface area contributed by atoms with Crippen LogP contribution >= 0.6 is 11.6 Å². The van der Waals surface area contributed by atoms with Gasteiger partial charge in [0.05, 0.1) is 14.2 Å². The van der Waals surface area contributed by atoms with Crippen molar-refractivity contribution in [1.29, 1.82) is 0 Å². The quantitative estimate of drug-likeness (QED) is 0.573. The van der Waals surface area contributed by atoms with Crippen molar-refractivity contribution in [1.82, 2.24) is 10.6 Å². The molecule has 0 aliphatic carbocycles. The largest absolute Gasteiger partial charge is 0.497 e. The number of ether oxygens (including phenoxy) is 2. The highest BCUT2D eigenvalue weighted by Gasteiger charge is 2.23. The van der Waals surface area contributed by atoms with Gasteiger partial charge in [-0.1, -0.05) is 17.7 Å². The maximum absolute atomic E-state index is 6.12. The van der Waals surface area contributed by atoms with Crippen molar-refractivity contribution in [3.8, 4) is 11.5 Å². The molecule has 3 rings (SSSR count). The molecule has 1 aliphatic rings. The van der Waals surface area contributed by atoms with Gasteiger partial charge in [0.1, 0.15) is 11.5 Å². The molecule has 1 atom stereocenters. The molecule has 1 saturated heterocycles. The summed E-state index contributed by atoms with van der Waals surface area (Å²) < 4.78 is 10.7. The van der Waals surface area contributed by atoms with Crippen LogP contribution in [0.25, 0.3) is 0 Å². The fourth-order valence-electron chi connectivity index (χ4n) is 3.35. The minimum Gasteiger partial charge on any atom is -0.497 e. The van der Waals surface area contributed by atoms with Crippen LogP contribution in [0.2, 0.25) is 5.02 Å². The Bertz CT molecular complexity index is 828. The topological polar surface area (TPSA) is 58.1 Å². The van der Waals surface area contributed by atoms with E-state index in [1.807, 2.05) is 36.4 Å². The fourth-order valence-corrected chi connectivity index (χ4v) is 3.53. The van der Waals surface area contributed by atoms with Gasteiger partial charge in [-0.15, -0.1) is 0 Å². The number of hydrogen-bond acceptors (Lipinski definition) is 4. The van der Waals surface area contributed by atoms with Gasteiger partial charge in [-0.05, 0) is 36.8 Å². The maximum Gasteiger partial charge on any atom is 0.191 e. The van der Waals surface area contributed by atoms with Gasteiger partial charge in [0.15, 0.2) is 5.96 Å². The van der Waals surface area contributed by atoms with Crippen LogP contribution < -0.4 is 25.0 Å². The van der Waals surface area contributed by atoms with Crippen molar-refractivity contribution in [2.75, 3.05) is 39.3 Å². The van der Waals surface area contributed by atoms with Gasteiger partial charge in [0.25, 0.3) is 0 Å². The number of anilines is 1. The molecule has 150 valence electrons. The standard InChI is InChI=1S/C21H27ClN4O2/c1-23-21(24-13-15-7-8-19(27-2)12-20(15)28-3)25-17-9-10-26(14-17)18-6-4-5-16(22)11-18/h4-8,11-12,17H,9-10,13-14H2,1-3H3,(H2,23,24,25). The first-order valence-corrected chi connectivity index (χ1v) is 9.69. The molecule has 2 aromatic carbocycles. The van der Waals surface area contributed by atoms with Gasteiger partial charge < -0.3 is 25.0 Å². The second-order valence-electron chi connectivity index (χ2n) is 6.66. The van der Waals surface area contributed by atoms with Crippen LogP contribution in [-0.2, 0) is 6.54 Å². The molecule has 2 N–H and O–H groups in total. The van der Waals surface area contributed by atoms with Crippen LogP contribution in [0.5, 0.6) is 11.5 Å².